The van der Waals surface area contributed by atoms with E-state index in [1.54, 1.807) is 6.07 Å². The van der Waals surface area contributed by atoms with Crippen LogP contribution in [0.2, 0.25) is 0 Å². The standard InChI is InChI=1S/C14H21N3O2/c1-15-7-4-8-16-13(18)11-9-10-5-2-3-6-12(10)17-14(11)19/h9,15H,2-8H2,1H3,(H,16,18)(H,17,19). The smallest absolute Gasteiger partial charge is 0.261 e. The highest BCUT2D eigenvalue weighted by atomic mass is 16.2. The van der Waals surface area contributed by atoms with Crippen molar-refractivity contribution >= 4 is 5.91 Å². The third kappa shape index (κ3) is 3.44. The molecule has 0 spiro atoms. The van der Waals surface area contributed by atoms with Crippen molar-refractivity contribution in [1.29, 1.82) is 0 Å². The van der Waals surface area contributed by atoms with Gasteiger partial charge in [0.2, 0.25) is 0 Å². The molecular formula is C14H21N3O2. The van der Waals surface area contributed by atoms with Crippen LogP contribution in [-0.4, -0.2) is 31.0 Å². The van der Waals surface area contributed by atoms with Crippen molar-refractivity contribution in [3.05, 3.63) is 33.2 Å². The van der Waals surface area contributed by atoms with Crippen molar-refractivity contribution in [2.45, 2.75) is 32.1 Å². The first-order valence-electron chi connectivity index (χ1n) is 6.90. The zero-order chi connectivity index (χ0) is 13.7. The van der Waals surface area contributed by atoms with Gasteiger partial charge < -0.3 is 15.6 Å². The molecular weight excluding hydrogens is 242 g/mol. The van der Waals surface area contributed by atoms with E-state index in [2.05, 4.69) is 15.6 Å². The molecule has 0 aromatic carbocycles. The largest absolute Gasteiger partial charge is 0.352 e. The number of rotatable bonds is 5. The molecule has 1 amide bonds. The summed E-state index contributed by atoms with van der Waals surface area (Å²) < 4.78 is 0. The lowest BCUT2D eigenvalue weighted by Crippen LogP contribution is -2.32. The van der Waals surface area contributed by atoms with Crippen LogP contribution in [0.15, 0.2) is 10.9 Å². The van der Waals surface area contributed by atoms with E-state index in [4.69, 9.17) is 0 Å². The molecule has 3 N–H and O–H groups in total. The maximum atomic E-state index is 12.0. The monoisotopic (exact) mass is 263 g/mol. The number of H-pyrrole nitrogens is 1. The molecule has 1 aromatic heterocycles. The molecule has 1 aliphatic carbocycles. The molecule has 0 bridgehead atoms. The van der Waals surface area contributed by atoms with E-state index in [0.717, 1.165) is 49.9 Å². The Morgan fingerprint density at radius 2 is 2.11 bits per heavy atom. The second kappa shape index (κ2) is 6.52. The van der Waals surface area contributed by atoms with E-state index < -0.39 is 0 Å². The van der Waals surface area contributed by atoms with Gasteiger partial charge in [-0.1, -0.05) is 0 Å². The van der Waals surface area contributed by atoms with Gasteiger partial charge in [0.15, 0.2) is 0 Å². The molecule has 1 aromatic rings. The van der Waals surface area contributed by atoms with Crippen LogP contribution in [0.3, 0.4) is 0 Å². The summed E-state index contributed by atoms with van der Waals surface area (Å²) in [5.41, 5.74) is 2.09. The Morgan fingerprint density at radius 3 is 2.89 bits per heavy atom. The predicted molar refractivity (Wildman–Crippen MR) is 74.6 cm³/mol. The van der Waals surface area contributed by atoms with Crippen LogP contribution in [0.4, 0.5) is 0 Å². The Bertz CT molecular complexity index is 508. The van der Waals surface area contributed by atoms with Gasteiger partial charge in [-0.3, -0.25) is 9.59 Å². The van der Waals surface area contributed by atoms with Gasteiger partial charge in [-0.25, -0.2) is 0 Å². The molecule has 19 heavy (non-hydrogen) atoms. The number of hydrogen-bond acceptors (Lipinski definition) is 3. The quantitative estimate of drug-likeness (QED) is 0.681. The van der Waals surface area contributed by atoms with Crippen molar-refractivity contribution in [1.82, 2.24) is 15.6 Å². The van der Waals surface area contributed by atoms with E-state index in [0.29, 0.717) is 6.54 Å². The highest BCUT2D eigenvalue weighted by molar-refractivity contribution is 5.94. The lowest BCUT2D eigenvalue weighted by molar-refractivity contribution is 0.0951. The Kier molecular flexibility index (Phi) is 4.74. The number of fused-ring (bicyclic) bond motifs is 1. The maximum Gasteiger partial charge on any atom is 0.261 e. The molecule has 0 radical (unpaired) electrons. The van der Waals surface area contributed by atoms with Crippen molar-refractivity contribution < 1.29 is 4.79 Å². The van der Waals surface area contributed by atoms with Crippen LogP contribution in [0.1, 0.15) is 40.9 Å². The van der Waals surface area contributed by atoms with E-state index >= 15 is 0 Å². The lowest BCUT2D eigenvalue weighted by Gasteiger charge is -2.15. The SMILES string of the molecule is CNCCCNC(=O)c1cc2c([nH]c1=O)CCCC2. The molecule has 1 aliphatic rings. The average molecular weight is 263 g/mol. The Morgan fingerprint density at radius 1 is 1.32 bits per heavy atom. The summed E-state index contributed by atoms with van der Waals surface area (Å²) in [7, 11) is 1.87. The molecule has 0 saturated carbocycles. The summed E-state index contributed by atoms with van der Waals surface area (Å²) in [6, 6.07) is 1.76. The third-order valence-electron chi connectivity index (χ3n) is 3.47. The molecule has 0 fully saturated rings. The van der Waals surface area contributed by atoms with Gasteiger partial charge in [0, 0.05) is 12.2 Å². The van der Waals surface area contributed by atoms with Crippen molar-refractivity contribution in [2.24, 2.45) is 0 Å². The van der Waals surface area contributed by atoms with Gasteiger partial charge in [-0.15, -0.1) is 0 Å². The van der Waals surface area contributed by atoms with Crippen molar-refractivity contribution in [2.75, 3.05) is 20.1 Å². The molecule has 0 aliphatic heterocycles. The number of aryl methyl sites for hydroxylation is 2. The van der Waals surface area contributed by atoms with Gasteiger partial charge in [0.1, 0.15) is 5.56 Å². The molecule has 5 heteroatoms. The fourth-order valence-corrected chi connectivity index (χ4v) is 2.41. The highest BCUT2D eigenvalue weighted by Gasteiger charge is 2.16. The maximum absolute atomic E-state index is 12.0. The van der Waals surface area contributed by atoms with Gasteiger partial charge in [0.25, 0.3) is 11.5 Å². The molecule has 0 saturated heterocycles. The number of nitrogens with one attached hydrogen (secondary N) is 3. The Balaban J connectivity index is 2.07. The van der Waals surface area contributed by atoms with Gasteiger partial charge in [-0.05, 0) is 57.3 Å². The van der Waals surface area contributed by atoms with E-state index in [1.807, 2.05) is 7.05 Å². The summed E-state index contributed by atoms with van der Waals surface area (Å²) in [5.74, 6) is -0.272. The van der Waals surface area contributed by atoms with Crippen LogP contribution < -0.4 is 16.2 Å². The normalized spacial score (nSPS) is 13.9. The predicted octanol–water partition coefficient (Wildman–Crippen LogP) is 0.593. The zero-order valence-electron chi connectivity index (χ0n) is 11.3. The summed E-state index contributed by atoms with van der Waals surface area (Å²) in [5, 5.41) is 5.80. The number of carbonyl (C=O) groups excluding carboxylic acids is 1. The van der Waals surface area contributed by atoms with Crippen LogP contribution in [0, 0.1) is 0 Å². The zero-order valence-corrected chi connectivity index (χ0v) is 11.3. The minimum absolute atomic E-state index is 0.241. The summed E-state index contributed by atoms with van der Waals surface area (Å²) in [6.07, 6.45) is 4.95. The second-order valence-electron chi connectivity index (χ2n) is 4.94. The van der Waals surface area contributed by atoms with Crippen molar-refractivity contribution in [3.8, 4) is 0 Å². The molecule has 1 heterocycles. The first-order chi connectivity index (χ1) is 9.22. The number of amides is 1. The topological polar surface area (TPSA) is 74.0 Å². The minimum atomic E-state index is -0.272. The van der Waals surface area contributed by atoms with Gasteiger partial charge >= 0.3 is 0 Å². The summed E-state index contributed by atoms with van der Waals surface area (Å²) in [4.78, 5) is 26.7. The van der Waals surface area contributed by atoms with Gasteiger partial charge in [0.05, 0.1) is 0 Å². The first kappa shape index (κ1) is 13.8. The fourth-order valence-electron chi connectivity index (χ4n) is 2.41. The fraction of sp³-hybridized carbons (Fsp3) is 0.571. The van der Waals surface area contributed by atoms with Crippen LogP contribution >= 0.6 is 0 Å². The number of carbonyl (C=O) groups is 1. The first-order valence-corrected chi connectivity index (χ1v) is 6.90. The number of pyridine rings is 1. The molecule has 2 rings (SSSR count). The number of hydrogen-bond donors (Lipinski definition) is 3. The van der Waals surface area contributed by atoms with E-state index in [9.17, 15) is 9.59 Å². The van der Waals surface area contributed by atoms with E-state index in [1.165, 1.54) is 0 Å². The average Bonchev–Trinajstić information content (AvgIpc) is 2.42. The third-order valence-corrected chi connectivity index (χ3v) is 3.47. The van der Waals surface area contributed by atoms with Gasteiger partial charge in [-0.2, -0.15) is 0 Å². The number of aromatic amines is 1. The minimum Gasteiger partial charge on any atom is -0.352 e. The lowest BCUT2D eigenvalue weighted by atomic mass is 9.95. The Hall–Kier alpha value is -1.62. The molecule has 0 atom stereocenters. The van der Waals surface area contributed by atoms with Crippen LogP contribution in [0.5, 0.6) is 0 Å². The highest BCUT2D eigenvalue weighted by Crippen LogP contribution is 2.18. The van der Waals surface area contributed by atoms with E-state index in [-0.39, 0.29) is 17.0 Å². The Labute approximate surface area is 112 Å². The van der Waals surface area contributed by atoms with Crippen LogP contribution in [0.25, 0.3) is 0 Å². The molecule has 0 unspecified atom stereocenters. The summed E-state index contributed by atoms with van der Waals surface area (Å²) >= 11 is 0. The summed E-state index contributed by atoms with van der Waals surface area (Å²) in [6.45, 7) is 1.43. The second-order valence-corrected chi connectivity index (χ2v) is 4.94. The van der Waals surface area contributed by atoms with Crippen LogP contribution in [-0.2, 0) is 12.8 Å². The molecule has 104 valence electrons. The number of aromatic nitrogens is 1. The van der Waals surface area contributed by atoms with Crippen molar-refractivity contribution in [3.63, 3.8) is 0 Å². The molecule has 5 nitrogen and oxygen atoms in total.